The molecule has 0 aromatic rings. The van der Waals surface area contributed by atoms with Crippen molar-refractivity contribution in [2.75, 3.05) is 19.6 Å². The fourth-order valence-electron chi connectivity index (χ4n) is 2.42. The zero-order valence-electron chi connectivity index (χ0n) is 10.1. The van der Waals surface area contributed by atoms with Gasteiger partial charge in [0.25, 0.3) is 0 Å². The Bertz CT molecular complexity index is 133. The van der Waals surface area contributed by atoms with Gasteiger partial charge >= 0.3 is 0 Å². The SMILES string of the molecule is CCN(CC)CC(C)NC1CCCC1. The predicted octanol–water partition coefficient (Wildman–Crippen LogP) is 2.25. The second-order valence-corrected chi connectivity index (χ2v) is 4.53. The maximum Gasteiger partial charge on any atom is 0.0169 e. The molecule has 1 unspecified atom stereocenters. The van der Waals surface area contributed by atoms with Crippen molar-refractivity contribution in [2.24, 2.45) is 0 Å². The van der Waals surface area contributed by atoms with Crippen molar-refractivity contribution < 1.29 is 0 Å². The van der Waals surface area contributed by atoms with Gasteiger partial charge in [0.15, 0.2) is 0 Å². The fraction of sp³-hybridized carbons (Fsp3) is 1.00. The molecule has 2 heteroatoms. The summed E-state index contributed by atoms with van der Waals surface area (Å²) in [5.74, 6) is 0. The number of rotatable bonds is 6. The minimum Gasteiger partial charge on any atom is -0.310 e. The first-order valence-corrected chi connectivity index (χ1v) is 6.24. The summed E-state index contributed by atoms with van der Waals surface area (Å²) in [6, 6.07) is 1.46. The molecule has 0 radical (unpaired) electrons. The topological polar surface area (TPSA) is 15.3 Å². The lowest BCUT2D eigenvalue weighted by Gasteiger charge is -2.25. The molecule has 1 atom stereocenters. The van der Waals surface area contributed by atoms with E-state index >= 15 is 0 Å². The van der Waals surface area contributed by atoms with E-state index in [1.165, 1.54) is 45.3 Å². The van der Waals surface area contributed by atoms with E-state index in [1.807, 2.05) is 0 Å². The standard InChI is InChI=1S/C12H26N2/c1-4-14(5-2)10-11(3)13-12-8-6-7-9-12/h11-13H,4-10H2,1-3H3. The quantitative estimate of drug-likeness (QED) is 0.704. The molecular weight excluding hydrogens is 172 g/mol. The molecule has 0 aliphatic heterocycles. The Balaban J connectivity index is 2.16. The number of nitrogens with zero attached hydrogens (tertiary/aromatic N) is 1. The van der Waals surface area contributed by atoms with Gasteiger partial charge in [-0.3, -0.25) is 0 Å². The Labute approximate surface area is 89.1 Å². The Kier molecular flexibility index (Phi) is 5.49. The highest BCUT2D eigenvalue weighted by atomic mass is 15.1. The molecule has 1 aliphatic carbocycles. The first kappa shape index (κ1) is 12.0. The predicted molar refractivity (Wildman–Crippen MR) is 62.6 cm³/mol. The van der Waals surface area contributed by atoms with Crippen LogP contribution in [0.25, 0.3) is 0 Å². The van der Waals surface area contributed by atoms with Gasteiger partial charge in [-0.25, -0.2) is 0 Å². The third-order valence-electron chi connectivity index (χ3n) is 3.30. The monoisotopic (exact) mass is 198 g/mol. The van der Waals surface area contributed by atoms with E-state index < -0.39 is 0 Å². The van der Waals surface area contributed by atoms with Crippen LogP contribution in [-0.2, 0) is 0 Å². The Morgan fingerprint density at radius 3 is 2.29 bits per heavy atom. The van der Waals surface area contributed by atoms with Gasteiger partial charge < -0.3 is 10.2 Å². The van der Waals surface area contributed by atoms with Gasteiger partial charge in [0.2, 0.25) is 0 Å². The van der Waals surface area contributed by atoms with Crippen LogP contribution in [0.15, 0.2) is 0 Å². The summed E-state index contributed by atoms with van der Waals surface area (Å²) in [5.41, 5.74) is 0. The third kappa shape index (κ3) is 3.97. The normalized spacial score (nSPS) is 20.6. The maximum absolute atomic E-state index is 3.74. The Morgan fingerprint density at radius 1 is 1.21 bits per heavy atom. The number of likely N-dealkylation sites (N-methyl/N-ethyl adjacent to an activating group) is 1. The molecule has 14 heavy (non-hydrogen) atoms. The Morgan fingerprint density at radius 2 is 1.79 bits per heavy atom. The first-order valence-electron chi connectivity index (χ1n) is 6.24. The number of nitrogens with one attached hydrogen (secondary N) is 1. The molecule has 0 heterocycles. The lowest BCUT2D eigenvalue weighted by Crippen LogP contribution is -2.43. The summed E-state index contributed by atoms with van der Waals surface area (Å²) < 4.78 is 0. The van der Waals surface area contributed by atoms with Crippen LogP contribution in [0.3, 0.4) is 0 Å². The molecule has 0 amide bonds. The second-order valence-electron chi connectivity index (χ2n) is 4.53. The molecule has 0 bridgehead atoms. The van der Waals surface area contributed by atoms with Crippen LogP contribution in [0.5, 0.6) is 0 Å². The van der Waals surface area contributed by atoms with E-state index in [0.29, 0.717) is 6.04 Å². The lowest BCUT2D eigenvalue weighted by molar-refractivity contribution is 0.261. The molecule has 1 saturated carbocycles. The molecular formula is C12H26N2. The number of hydrogen-bond acceptors (Lipinski definition) is 2. The number of hydrogen-bond donors (Lipinski definition) is 1. The van der Waals surface area contributed by atoms with Crippen LogP contribution < -0.4 is 5.32 Å². The molecule has 0 saturated heterocycles. The molecule has 0 aromatic heterocycles. The molecule has 1 rings (SSSR count). The average molecular weight is 198 g/mol. The Hall–Kier alpha value is -0.0800. The van der Waals surface area contributed by atoms with Gasteiger partial charge in [0.05, 0.1) is 0 Å². The smallest absolute Gasteiger partial charge is 0.0169 e. The van der Waals surface area contributed by atoms with Gasteiger partial charge in [-0.1, -0.05) is 26.7 Å². The van der Waals surface area contributed by atoms with E-state index in [0.717, 1.165) is 6.04 Å². The molecule has 1 aliphatic rings. The highest BCUT2D eigenvalue weighted by Gasteiger charge is 2.17. The summed E-state index contributed by atoms with van der Waals surface area (Å²) >= 11 is 0. The minimum absolute atomic E-state index is 0.651. The highest BCUT2D eigenvalue weighted by molar-refractivity contribution is 4.78. The van der Waals surface area contributed by atoms with E-state index in [4.69, 9.17) is 0 Å². The zero-order valence-corrected chi connectivity index (χ0v) is 10.1. The van der Waals surface area contributed by atoms with E-state index in [2.05, 4.69) is 31.0 Å². The van der Waals surface area contributed by atoms with Crippen LogP contribution in [0.2, 0.25) is 0 Å². The largest absolute Gasteiger partial charge is 0.310 e. The van der Waals surface area contributed by atoms with Crippen molar-refractivity contribution in [2.45, 2.75) is 58.5 Å². The molecule has 1 fully saturated rings. The van der Waals surface area contributed by atoms with Crippen molar-refractivity contribution in [1.82, 2.24) is 10.2 Å². The van der Waals surface area contributed by atoms with Gasteiger partial charge in [0.1, 0.15) is 0 Å². The zero-order chi connectivity index (χ0) is 10.4. The van der Waals surface area contributed by atoms with E-state index in [9.17, 15) is 0 Å². The summed E-state index contributed by atoms with van der Waals surface area (Å²) in [6.45, 7) is 10.3. The van der Waals surface area contributed by atoms with Crippen LogP contribution in [0.4, 0.5) is 0 Å². The van der Waals surface area contributed by atoms with Gasteiger partial charge in [-0.05, 0) is 32.9 Å². The molecule has 0 spiro atoms. The molecule has 1 N–H and O–H groups in total. The second kappa shape index (κ2) is 6.41. The third-order valence-corrected chi connectivity index (χ3v) is 3.30. The lowest BCUT2D eigenvalue weighted by atomic mass is 10.2. The summed E-state index contributed by atoms with van der Waals surface area (Å²) in [6.07, 6.45) is 5.64. The van der Waals surface area contributed by atoms with Gasteiger partial charge in [-0.15, -0.1) is 0 Å². The van der Waals surface area contributed by atoms with E-state index in [-0.39, 0.29) is 0 Å². The molecule has 84 valence electrons. The molecule has 2 nitrogen and oxygen atoms in total. The van der Waals surface area contributed by atoms with Crippen molar-refractivity contribution in [3.8, 4) is 0 Å². The van der Waals surface area contributed by atoms with Crippen molar-refractivity contribution in [3.05, 3.63) is 0 Å². The van der Waals surface area contributed by atoms with Gasteiger partial charge in [-0.2, -0.15) is 0 Å². The van der Waals surface area contributed by atoms with Crippen molar-refractivity contribution in [1.29, 1.82) is 0 Å². The summed E-state index contributed by atoms with van der Waals surface area (Å²) in [7, 11) is 0. The van der Waals surface area contributed by atoms with Crippen LogP contribution in [-0.4, -0.2) is 36.6 Å². The van der Waals surface area contributed by atoms with Gasteiger partial charge in [0, 0.05) is 18.6 Å². The average Bonchev–Trinajstić information content (AvgIpc) is 2.66. The summed E-state index contributed by atoms with van der Waals surface area (Å²) in [4.78, 5) is 2.49. The minimum atomic E-state index is 0.651. The van der Waals surface area contributed by atoms with E-state index in [1.54, 1.807) is 0 Å². The molecule has 0 aromatic carbocycles. The van der Waals surface area contributed by atoms with Crippen molar-refractivity contribution >= 4 is 0 Å². The maximum atomic E-state index is 3.74. The van der Waals surface area contributed by atoms with Crippen LogP contribution >= 0.6 is 0 Å². The van der Waals surface area contributed by atoms with Crippen LogP contribution in [0, 0.1) is 0 Å². The highest BCUT2D eigenvalue weighted by Crippen LogP contribution is 2.18. The van der Waals surface area contributed by atoms with Crippen LogP contribution in [0.1, 0.15) is 46.5 Å². The first-order chi connectivity index (χ1) is 6.76. The van der Waals surface area contributed by atoms with Crippen molar-refractivity contribution in [3.63, 3.8) is 0 Å². The fourth-order valence-corrected chi connectivity index (χ4v) is 2.42. The summed E-state index contributed by atoms with van der Waals surface area (Å²) in [5, 5.41) is 3.74.